The first-order valence-corrected chi connectivity index (χ1v) is 7.89. The fraction of sp³-hybridized carbons (Fsp3) is 0.529. The van der Waals surface area contributed by atoms with Gasteiger partial charge in [0.2, 0.25) is 0 Å². The second-order valence-electron chi connectivity index (χ2n) is 5.53. The van der Waals surface area contributed by atoms with Gasteiger partial charge in [0.15, 0.2) is 0 Å². The Hall–Kier alpha value is -1.88. The first-order chi connectivity index (χ1) is 10.7. The van der Waals surface area contributed by atoms with Crippen LogP contribution in [-0.4, -0.2) is 50.1 Å². The number of piperidine rings is 1. The molecule has 1 saturated heterocycles. The molecule has 0 radical (unpaired) electrons. The molecule has 1 aromatic carbocycles. The van der Waals surface area contributed by atoms with Gasteiger partial charge in [0.05, 0.1) is 0 Å². The number of rotatable bonds is 6. The van der Waals surface area contributed by atoms with Crippen LogP contribution in [0.5, 0.6) is 0 Å². The van der Waals surface area contributed by atoms with Crippen LogP contribution in [-0.2, 0) is 4.74 Å². The number of likely N-dealkylation sites (tertiary alicyclic amines) is 1. The number of amides is 2. The molecule has 0 aliphatic carbocycles. The van der Waals surface area contributed by atoms with Crippen molar-refractivity contribution in [3.8, 4) is 0 Å². The highest BCUT2D eigenvalue weighted by molar-refractivity contribution is 5.97. The Morgan fingerprint density at radius 2 is 1.73 bits per heavy atom. The second kappa shape index (κ2) is 8.54. The molecule has 1 fully saturated rings. The second-order valence-corrected chi connectivity index (χ2v) is 5.53. The lowest BCUT2D eigenvalue weighted by Gasteiger charge is -2.26. The Morgan fingerprint density at radius 3 is 2.36 bits per heavy atom. The van der Waals surface area contributed by atoms with Crippen molar-refractivity contribution in [2.45, 2.75) is 25.7 Å². The number of carbonyl (C=O) groups excluding carboxylic acids is 2. The van der Waals surface area contributed by atoms with E-state index in [1.54, 1.807) is 31.4 Å². The van der Waals surface area contributed by atoms with Crippen LogP contribution < -0.4 is 5.32 Å². The van der Waals surface area contributed by atoms with E-state index in [2.05, 4.69) is 5.32 Å². The monoisotopic (exact) mass is 304 g/mol. The molecule has 2 rings (SSSR count). The number of ether oxygens (including phenoxy) is 1. The maximum Gasteiger partial charge on any atom is 0.253 e. The minimum Gasteiger partial charge on any atom is -0.385 e. The van der Waals surface area contributed by atoms with E-state index in [0.29, 0.717) is 24.3 Å². The normalized spacial score (nSPS) is 14.7. The van der Waals surface area contributed by atoms with E-state index in [1.807, 2.05) is 4.90 Å². The van der Waals surface area contributed by atoms with Gasteiger partial charge in [-0.2, -0.15) is 0 Å². The molecule has 120 valence electrons. The van der Waals surface area contributed by atoms with Gasteiger partial charge in [-0.3, -0.25) is 9.59 Å². The standard InChI is InChI=1S/C17H24N2O3/c1-22-13-5-10-18-16(20)14-6-8-15(9-7-14)17(21)19-11-3-2-4-12-19/h6-9H,2-5,10-13H2,1H3,(H,18,20). The van der Waals surface area contributed by atoms with Crippen LogP contribution in [0.4, 0.5) is 0 Å². The van der Waals surface area contributed by atoms with E-state index < -0.39 is 0 Å². The molecule has 5 nitrogen and oxygen atoms in total. The van der Waals surface area contributed by atoms with Crippen molar-refractivity contribution in [2.24, 2.45) is 0 Å². The number of hydrogen-bond donors (Lipinski definition) is 1. The van der Waals surface area contributed by atoms with E-state index in [0.717, 1.165) is 32.4 Å². The Morgan fingerprint density at radius 1 is 1.09 bits per heavy atom. The smallest absolute Gasteiger partial charge is 0.253 e. The summed E-state index contributed by atoms with van der Waals surface area (Å²) in [6.07, 6.45) is 4.14. The van der Waals surface area contributed by atoms with Crippen molar-refractivity contribution in [2.75, 3.05) is 33.4 Å². The molecular weight excluding hydrogens is 280 g/mol. The molecule has 0 aromatic heterocycles. The summed E-state index contributed by atoms with van der Waals surface area (Å²) < 4.78 is 4.94. The van der Waals surface area contributed by atoms with Crippen molar-refractivity contribution >= 4 is 11.8 Å². The minimum atomic E-state index is -0.118. The molecule has 5 heteroatoms. The maximum atomic E-state index is 12.3. The average molecular weight is 304 g/mol. The highest BCUT2D eigenvalue weighted by Gasteiger charge is 2.18. The van der Waals surface area contributed by atoms with E-state index in [-0.39, 0.29) is 11.8 Å². The molecule has 0 saturated carbocycles. The topological polar surface area (TPSA) is 58.6 Å². The predicted molar refractivity (Wildman–Crippen MR) is 85.0 cm³/mol. The Kier molecular flexibility index (Phi) is 6.40. The molecule has 1 aromatic rings. The third-order valence-corrected chi connectivity index (χ3v) is 3.85. The summed E-state index contributed by atoms with van der Waals surface area (Å²) >= 11 is 0. The van der Waals surface area contributed by atoms with Gasteiger partial charge in [0.25, 0.3) is 11.8 Å². The van der Waals surface area contributed by atoms with Crippen molar-refractivity contribution in [3.05, 3.63) is 35.4 Å². The Bertz CT molecular complexity index is 493. The number of nitrogens with zero attached hydrogens (tertiary/aromatic N) is 1. The van der Waals surface area contributed by atoms with Gasteiger partial charge in [-0.1, -0.05) is 0 Å². The lowest BCUT2D eigenvalue weighted by atomic mass is 10.1. The number of nitrogens with one attached hydrogen (secondary N) is 1. The zero-order valence-electron chi connectivity index (χ0n) is 13.1. The van der Waals surface area contributed by atoms with Crippen LogP contribution in [0, 0.1) is 0 Å². The van der Waals surface area contributed by atoms with Crippen LogP contribution in [0.15, 0.2) is 24.3 Å². The van der Waals surface area contributed by atoms with Gasteiger partial charge >= 0.3 is 0 Å². The first-order valence-electron chi connectivity index (χ1n) is 7.89. The molecule has 2 amide bonds. The molecule has 1 heterocycles. The molecular formula is C17H24N2O3. The molecule has 1 aliphatic heterocycles. The van der Waals surface area contributed by atoms with Gasteiger partial charge in [0.1, 0.15) is 0 Å². The lowest BCUT2D eigenvalue weighted by molar-refractivity contribution is 0.0723. The van der Waals surface area contributed by atoms with E-state index >= 15 is 0 Å². The molecule has 1 aliphatic rings. The number of benzene rings is 1. The maximum absolute atomic E-state index is 12.3. The molecule has 1 N–H and O–H groups in total. The minimum absolute atomic E-state index is 0.0618. The van der Waals surface area contributed by atoms with E-state index in [4.69, 9.17) is 4.74 Å². The van der Waals surface area contributed by atoms with Gasteiger partial charge < -0.3 is 15.0 Å². The summed E-state index contributed by atoms with van der Waals surface area (Å²) in [5, 5.41) is 2.83. The summed E-state index contributed by atoms with van der Waals surface area (Å²) in [4.78, 5) is 26.2. The van der Waals surface area contributed by atoms with Crippen LogP contribution in [0.25, 0.3) is 0 Å². The lowest BCUT2D eigenvalue weighted by Crippen LogP contribution is -2.35. The summed E-state index contributed by atoms with van der Waals surface area (Å²) in [5.41, 5.74) is 1.23. The van der Waals surface area contributed by atoms with Gasteiger partial charge in [0, 0.05) is 44.5 Å². The van der Waals surface area contributed by atoms with Crippen molar-refractivity contribution < 1.29 is 14.3 Å². The highest BCUT2D eigenvalue weighted by atomic mass is 16.5. The largest absolute Gasteiger partial charge is 0.385 e. The van der Waals surface area contributed by atoms with Crippen LogP contribution in [0.3, 0.4) is 0 Å². The van der Waals surface area contributed by atoms with Gasteiger partial charge in [-0.05, 0) is 49.9 Å². The zero-order chi connectivity index (χ0) is 15.8. The first kappa shape index (κ1) is 16.5. The predicted octanol–water partition coefficient (Wildman–Crippen LogP) is 2.08. The molecule has 0 unspecified atom stereocenters. The fourth-order valence-corrected chi connectivity index (χ4v) is 2.56. The molecule has 0 bridgehead atoms. The van der Waals surface area contributed by atoms with E-state index in [9.17, 15) is 9.59 Å². The van der Waals surface area contributed by atoms with Gasteiger partial charge in [-0.25, -0.2) is 0 Å². The summed E-state index contributed by atoms with van der Waals surface area (Å²) in [7, 11) is 1.64. The summed E-state index contributed by atoms with van der Waals surface area (Å²) in [6.45, 7) is 2.88. The molecule has 22 heavy (non-hydrogen) atoms. The number of methoxy groups -OCH3 is 1. The van der Waals surface area contributed by atoms with Crippen molar-refractivity contribution in [1.82, 2.24) is 10.2 Å². The summed E-state index contributed by atoms with van der Waals surface area (Å²) in [6, 6.07) is 6.90. The van der Waals surface area contributed by atoms with Crippen molar-refractivity contribution in [1.29, 1.82) is 0 Å². The molecule has 0 atom stereocenters. The molecule has 0 spiro atoms. The quantitative estimate of drug-likeness (QED) is 0.819. The third-order valence-electron chi connectivity index (χ3n) is 3.85. The average Bonchev–Trinajstić information content (AvgIpc) is 2.59. The van der Waals surface area contributed by atoms with Crippen LogP contribution in [0.1, 0.15) is 46.4 Å². The third kappa shape index (κ3) is 4.56. The Balaban J connectivity index is 1.89. The SMILES string of the molecule is COCCCNC(=O)c1ccc(C(=O)N2CCCCC2)cc1. The van der Waals surface area contributed by atoms with Crippen molar-refractivity contribution in [3.63, 3.8) is 0 Å². The van der Waals surface area contributed by atoms with E-state index in [1.165, 1.54) is 6.42 Å². The fourth-order valence-electron chi connectivity index (χ4n) is 2.56. The van der Waals surface area contributed by atoms with Crippen LogP contribution >= 0.6 is 0 Å². The number of hydrogen-bond acceptors (Lipinski definition) is 3. The zero-order valence-corrected chi connectivity index (χ0v) is 13.1. The highest BCUT2D eigenvalue weighted by Crippen LogP contribution is 2.13. The van der Waals surface area contributed by atoms with Crippen LogP contribution in [0.2, 0.25) is 0 Å². The Labute approximate surface area is 131 Å². The van der Waals surface area contributed by atoms with Gasteiger partial charge in [-0.15, -0.1) is 0 Å². The summed E-state index contributed by atoms with van der Waals surface area (Å²) in [5.74, 6) is -0.0557. The number of carbonyl (C=O) groups is 2.